The van der Waals surface area contributed by atoms with Crippen LogP contribution in [0, 0.1) is 0 Å². The maximum absolute atomic E-state index is 12.1. The van der Waals surface area contributed by atoms with Gasteiger partial charge in [-0.05, 0) is 31.0 Å². The second-order valence-corrected chi connectivity index (χ2v) is 6.04. The molecule has 3 rings (SSSR count). The molecule has 0 saturated heterocycles. The molecule has 0 aliphatic heterocycles. The van der Waals surface area contributed by atoms with Gasteiger partial charge in [0, 0.05) is 28.8 Å². The minimum Gasteiger partial charge on any atom is -0.399 e. The van der Waals surface area contributed by atoms with Crippen LogP contribution in [0.1, 0.15) is 12.8 Å². The summed E-state index contributed by atoms with van der Waals surface area (Å²) in [5, 5.41) is 0.637. The Balaban J connectivity index is 2.13. The minimum atomic E-state index is -3.43. The average molecular weight is 251 g/mol. The van der Waals surface area contributed by atoms with Crippen molar-refractivity contribution in [3.05, 3.63) is 24.4 Å². The van der Waals surface area contributed by atoms with Crippen molar-refractivity contribution in [3.63, 3.8) is 0 Å². The lowest BCUT2D eigenvalue weighted by molar-refractivity contribution is 0.582. The molecule has 4 N–H and O–H groups in total. The van der Waals surface area contributed by atoms with Gasteiger partial charge in [-0.25, -0.2) is 13.1 Å². The highest BCUT2D eigenvalue weighted by Crippen LogP contribution is 2.27. The van der Waals surface area contributed by atoms with Crippen molar-refractivity contribution in [3.8, 4) is 0 Å². The summed E-state index contributed by atoms with van der Waals surface area (Å²) in [6.45, 7) is 0. The second kappa shape index (κ2) is 3.48. The number of nitrogens with one attached hydrogen (secondary N) is 2. The summed E-state index contributed by atoms with van der Waals surface area (Å²) in [5.74, 6) is 0. The van der Waals surface area contributed by atoms with Crippen LogP contribution in [0.15, 0.2) is 29.3 Å². The molecule has 17 heavy (non-hydrogen) atoms. The molecule has 0 spiro atoms. The van der Waals surface area contributed by atoms with E-state index in [2.05, 4.69) is 9.71 Å². The molecular formula is C11H13N3O2S. The molecule has 0 bridgehead atoms. The summed E-state index contributed by atoms with van der Waals surface area (Å²) in [4.78, 5) is 3.21. The first kappa shape index (κ1) is 10.6. The van der Waals surface area contributed by atoms with Gasteiger partial charge in [-0.3, -0.25) is 0 Å². The number of hydrogen-bond acceptors (Lipinski definition) is 3. The number of benzene rings is 1. The van der Waals surface area contributed by atoms with Crippen molar-refractivity contribution < 1.29 is 8.42 Å². The molecular weight excluding hydrogens is 238 g/mol. The smallest absolute Gasteiger partial charge is 0.242 e. The zero-order chi connectivity index (χ0) is 12.0. The Bertz CT molecular complexity index is 671. The first-order valence-corrected chi connectivity index (χ1v) is 6.93. The van der Waals surface area contributed by atoms with Gasteiger partial charge in [0.15, 0.2) is 0 Å². The topological polar surface area (TPSA) is 88.0 Å². The van der Waals surface area contributed by atoms with Crippen LogP contribution in [-0.2, 0) is 10.0 Å². The number of hydrogen-bond donors (Lipinski definition) is 3. The van der Waals surface area contributed by atoms with Gasteiger partial charge in [-0.1, -0.05) is 0 Å². The summed E-state index contributed by atoms with van der Waals surface area (Å²) in [7, 11) is -3.43. The predicted octanol–water partition coefficient (Wildman–Crippen LogP) is 1.19. The molecule has 1 saturated carbocycles. The van der Waals surface area contributed by atoms with Crippen LogP contribution >= 0.6 is 0 Å². The van der Waals surface area contributed by atoms with Crippen LogP contribution in [-0.4, -0.2) is 19.4 Å². The van der Waals surface area contributed by atoms with Crippen molar-refractivity contribution in [2.45, 2.75) is 23.8 Å². The molecule has 0 radical (unpaired) electrons. The van der Waals surface area contributed by atoms with Gasteiger partial charge in [-0.2, -0.15) is 0 Å². The number of aromatic nitrogens is 1. The van der Waals surface area contributed by atoms with E-state index in [4.69, 9.17) is 5.73 Å². The van der Waals surface area contributed by atoms with E-state index < -0.39 is 10.0 Å². The van der Waals surface area contributed by atoms with E-state index in [1.54, 1.807) is 18.2 Å². The molecule has 2 aromatic rings. The number of H-pyrrole nitrogens is 1. The van der Waals surface area contributed by atoms with Gasteiger partial charge < -0.3 is 10.7 Å². The van der Waals surface area contributed by atoms with E-state index in [9.17, 15) is 8.42 Å². The first-order valence-electron chi connectivity index (χ1n) is 5.45. The van der Waals surface area contributed by atoms with Crippen LogP contribution in [0.4, 0.5) is 5.69 Å². The van der Waals surface area contributed by atoms with Crippen LogP contribution in [0.5, 0.6) is 0 Å². The molecule has 5 nitrogen and oxygen atoms in total. The Kier molecular flexibility index (Phi) is 2.17. The summed E-state index contributed by atoms with van der Waals surface area (Å²) in [6.07, 6.45) is 3.35. The molecule has 1 aliphatic rings. The fourth-order valence-electron chi connectivity index (χ4n) is 1.82. The number of rotatable bonds is 3. The van der Waals surface area contributed by atoms with Crippen molar-refractivity contribution in [1.82, 2.24) is 9.71 Å². The lowest BCUT2D eigenvalue weighted by atomic mass is 10.2. The maximum atomic E-state index is 12.1. The Morgan fingerprint density at radius 2 is 2.12 bits per heavy atom. The predicted molar refractivity (Wildman–Crippen MR) is 66.1 cm³/mol. The number of anilines is 1. The van der Waals surface area contributed by atoms with Gasteiger partial charge in [0.05, 0.1) is 0 Å². The zero-order valence-corrected chi connectivity index (χ0v) is 9.92. The van der Waals surface area contributed by atoms with E-state index in [1.165, 1.54) is 6.20 Å². The third kappa shape index (κ3) is 1.89. The SMILES string of the molecule is Nc1ccc2[nH]cc(S(=O)(=O)NC3CC3)c2c1. The Labute approximate surface area is 99.1 Å². The van der Waals surface area contributed by atoms with E-state index >= 15 is 0 Å². The quantitative estimate of drug-likeness (QED) is 0.716. The summed E-state index contributed by atoms with van der Waals surface area (Å²) in [6, 6.07) is 5.29. The number of sulfonamides is 1. The Morgan fingerprint density at radius 3 is 2.82 bits per heavy atom. The highest BCUT2D eigenvalue weighted by Gasteiger charge is 2.29. The number of aromatic amines is 1. The fraction of sp³-hybridized carbons (Fsp3) is 0.273. The van der Waals surface area contributed by atoms with Gasteiger partial charge in [0.1, 0.15) is 4.90 Å². The van der Waals surface area contributed by atoms with Crippen LogP contribution in [0.25, 0.3) is 10.9 Å². The van der Waals surface area contributed by atoms with Crippen LogP contribution in [0.2, 0.25) is 0 Å². The normalized spacial score (nSPS) is 16.5. The minimum absolute atomic E-state index is 0.103. The molecule has 1 fully saturated rings. The maximum Gasteiger partial charge on any atom is 0.242 e. The summed E-state index contributed by atoms with van der Waals surface area (Å²) < 4.78 is 26.8. The molecule has 1 heterocycles. The third-order valence-corrected chi connectivity index (χ3v) is 4.42. The van der Waals surface area contributed by atoms with Crippen molar-refractivity contribution in [2.75, 3.05) is 5.73 Å². The molecule has 90 valence electrons. The molecule has 0 amide bonds. The molecule has 0 atom stereocenters. The number of nitrogens with two attached hydrogens (primary N) is 1. The van der Waals surface area contributed by atoms with Gasteiger partial charge in [-0.15, -0.1) is 0 Å². The highest BCUT2D eigenvalue weighted by atomic mass is 32.2. The molecule has 1 aliphatic carbocycles. The molecule has 6 heteroatoms. The Hall–Kier alpha value is -1.53. The van der Waals surface area contributed by atoms with E-state index in [0.717, 1.165) is 18.4 Å². The zero-order valence-electron chi connectivity index (χ0n) is 9.10. The first-order chi connectivity index (χ1) is 8.06. The van der Waals surface area contributed by atoms with E-state index in [1.807, 2.05) is 0 Å². The summed E-state index contributed by atoms with van der Waals surface area (Å²) in [5.41, 5.74) is 7.01. The van der Waals surface area contributed by atoms with E-state index in [0.29, 0.717) is 11.1 Å². The van der Waals surface area contributed by atoms with Crippen molar-refractivity contribution >= 4 is 26.6 Å². The molecule has 0 unspecified atom stereocenters. The standard InChI is InChI=1S/C11H13N3O2S/c12-7-1-4-10-9(5-7)11(6-13-10)17(15,16)14-8-2-3-8/h1,4-6,8,13-14H,2-3,12H2. The van der Waals surface area contributed by atoms with Crippen LogP contribution in [0.3, 0.4) is 0 Å². The Morgan fingerprint density at radius 1 is 1.35 bits per heavy atom. The lowest BCUT2D eigenvalue weighted by Crippen LogP contribution is -2.25. The van der Waals surface area contributed by atoms with Gasteiger partial charge in [0.2, 0.25) is 10.0 Å². The third-order valence-electron chi connectivity index (χ3n) is 2.86. The fourth-order valence-corrected chi connectivity index (χ4v) is 3.29. The van der Waals surface area contributed by atoms with Crippen LogP contribution < -0.4 is 10.5 Å². The number of fused-ring (bicyclic) bond motifs is 1. The van der Waals surface area contributed by atoms with E-state index in [-0.39, 0.29) is 10.9 Å². The van der Waals surface area contributed by atoms with Crippen molar-refractivity contribution in [1.29, 1.82) is 0 Å². The molecule has 1 aromatic heterocycles. The van der Waals surface area contributed by atoms with Gasteiger partial charge in [0.25, 0.3) is 0 Å². The van der Waals surface area contributed by atoms with Crippen molar-refractivity contribution in [2.24, 2.45) is 0 Å². The lowest BCUT2D eigenvalue weighted by Gasteiger charge is -2.03. The average Bonchev–Trinajstić information content (AvgIpc) is 2.95. The second-order valence-electron chi connectivity index (χ2n) is 4.35. The van der Waals surface area contributed by atoms with Gasteiger partial charge >= 0.3 is 0 Å². The summed E-state index contributed by atoms with van der Waals surface area (Å²) >= 11 is 0. The monoisotopic (exact) mass is 251 g/mol. The highest BCUT2D eigenvalue weighted by molar-refractivity contribution is 7.89. The molecule has 1 aromatic carbocycles. The number of nitrogen functional groups attached to an aromatic ring is 1. The largest absolute Gasteiger partial charge is 0.399 e.